The van der Waals surface area contributed by atoms with E-state index >= 15 is 0 Å². The van der Waals surface area contributed by atoms with Crippen molar-refractivity contribution in [2.24, 2.45) is 5.92 Å². The van der Waals surface area contributed by atoms with Gasteiger partial charge in [-0.1, -0.05) is 24.3 Å². The van der Waals surface area contributed by atoms with Crippen molar-refractivity contribution < 1.29 is 28.3 Å². The molecule has 4 rings (SSSR count). The lowest BCUT2D eigenvalue weighted by molar-refractivity contribution is -0.126. The maximum absolute atomic E-state index is 13.9. The number of carbonyl (C=O) groups excluding carboxylic acids is 2. The number of amides is 2. The first-order chi connectivity index (χ1) is 16.3. The maximum atomic E-state index is 13.9. The first-order valence-corrected chi connectivity index (χ1v) is 11.2. The quantitative estimate of drug-likeness (QED) is 0.593. The second kappa shape index (κ2) is 11.7. The summed E-state index contributed by atoms with van der Waals surface area (Å²) in [5, 5.41) is 12.9. The average Bonchev–Trinajstić information content (AvgIpc) is 3.10. The normalized spacial score (nSPS) is 20.3. The van der Waals surface area contributed by atoms with Gasteiger partial charge < -0.3 is 20.6 Å². The van der Waals surface area contributed by atoms with Gasteiger partial charge in [0.05, 0.1) is 11.5 Å². The Labute approximate surface area is 197 Å². The molecule has 9 heteroatoms. The molecule has 2 aromatic rings. The van der Waals surface area contributed by atoms with Crippen LogP contribution in [0.1, 0.15) is 34.3 Å². The smallest absolute Gasteiger partial charge is 0.290 e. The topological polar surface area (TPSA) is 98.7 Å². The maximum Gasteiger partial charge on any atom is 0.290 e. The SMILES string of the molecule is CN1C[C@@H](NC(=O)c2cc(F)ccc2F)CC[C@@H](C(=O)NC2Cc3ccccc3C2)C1.O=CO. The van der Waals surface area contributed by atoms with Gasteiger partial charge in [0.2, 0.25) is 5.91 Å². The Morgan fingerprint density at radius 2 is 1.65 bits per heavy atom. The van der Waals surface area contributed by atoms with Crippen LogP contribution in [-0.2, 0) is 22.4 Å². The number of fused-ring (bicyclic) bond motifs is 1. The number of carboxylic acid groups (broad SMARTS) is 1. The van der Waals surface area contributed by atoms with Crippen molar-refractivity contribution in [3.8, 4) is 0 Å². The number of rotatable bonds is 4. The van der Waals surface area contributed by atoms with E-state index in [2.05, 4.69) is 22.8 Å². The van der Waals surface area contributed by atoms with Gasteiger partial charge in [-0.05, 0) is 62.1 Å². The van der Waals surface area contributed by atoms with E-state index in [1.807, 2.05) is 24.1 Å². The van der Waals surface area contributed by atoms with Crippen LogP contribution in [0.25, 0.3) is 0 Å². The minimum atomic E-state index is -0.754. The highest BCUT2D eigenvalue weighted by Gasteiger charge is 2.30. The van der Waals surface area contributed by atoms with E-state index in [0.29, 0.717) is 25.9 Å². The zero-order valence-corrected chi connectivity index (χ0v) is 19.0. The number of hydrogen-bond acceptors (Lipinski definition) is 4. The molecule has 0 radical (unpaired) electrons. The van der Waals surface area contributed by atoms with Crippen molar-refractivity contribution in [1.29, 1.82) is 0 Å². The lowest BCUT2D eigenvalue weighted by Gasteiger charge is -2.22. The predicted molar refractivity (Wildman–Crippen MR) is 122 cm³/mol. The lowest BCUT2D eigenvalue weighted by atomic mass is 10.00. The Hall–Kier alpha value is -3.33. The Kier molecular flexibility index (Phi) is 8.70. The predicted octanol–water partition coefficient (Wildman–Crippen LogP) is 2.39. The summed E-state index contributed by atoms with van der Waals surface area (Å²) < 4.78 is 27.3. The van der Waals surface area contributed by atoms with Crippen LogP contribution in [0.4, 0.5) is 8.78 Å². The number of likely N-dealkylation sites (N-methyl/N-ethyl adjacent to an activating group) is 1. The van der Waals surface area contributed by atoms with Crippen LogP contribution >= 0.6 is 0 Å². The van der Waals surface area contributed by atoms with E-state index < -0.39 is 17.5 Å². The van der Waals surface area contributed by atoms with Gasteiger partial charge in [-0.2, -0.15) is 0 Å². The molecule has 2 aliphatic rings. The van der Waals surface area contributed by atoms with Crippen LogP contribution in [0.15, 0.2) is 42.5 Å². The average molecular weight is 474 g/mol. The highest BCUT2D eigenvalue weighted by molar-refractivity contribution is 5.94. The standard InChI is InChI=1S/C24H27F2N3O2.CH2O2/c1-29-13-17(23(30)28-20-10-15-4-2-3-5-16(15)11-20)6-8-19(14-29)27-24(31)21-12-18(25)7-9-22(21)26;2-1-3/h2-5,7,9,12,17,19-20H,6,8,10-11,13-14H2,1H3,(H,27,31)(H,28,30);1H,(H,2,3)/t17-,19+;/m1./s1. The van der Waals surface area contributed by atoms with Crippen LogP contribution in [0.3, 0.4) is 0 Å². The number of nitrogens with zero attached hydrogens (tertiary/aromatic N) is 1. The van der Waals surface area contributed by atoms with Crippen molar-refractivity contribution in [2.45, 2.75) is 37.8 Å². The van der Waals surface area contributed by atoms with E-state index in [-0.39, 0.29) is 35.9 Å². The van der Waals surface area contributed by atoms with Gasteiger partial charge in [0.1, 0.15) is 11.6 Å². The van der Waals surface area contributed by atoms with Gasteiger partial charge in [-0.25, -0.2) is 8.78 Å². The van der Waals surface area contributed by atoms with Crippen molar-refractivity contribution in [2.75, 3.05) is 20.1 Å². The van der Waals surface area contributed by atoms with Crippen LogP contribution in [-0.4, -0.2) is 60.5 Å². The molecule has 1 heterocycles. The molecule has 182 valence electrons. The van der Waals surface area contributed by atoms with Crippen molar-refractivity contribution in [3.63, 3.8) is 0 Å². The lowest BCUT2D eigenvalue weighted by Crippen LogP contribution is -2.43. The molecule has 0 saturated carbocycles. The van der Waals surface area contributed by atoms with E-state index in [4.69, 9.17) is 9.90 Å². The number of benzene rings is 2. The van der Waals surface area contributed by atoms with E-state index in [9.17, 15) is 18.4 Å². The van der Waals surface area contributed by atoms with E-state index in [0.717, 1.165) is 31.0 Å². The van der Waals surface area contributed by atoms with Crippen LogP contribution in [0.5, 0.6) is 0 Å². The Balaban J connectivity index is 0.00000103. The molecule has 34 heavy (non-hydrogen) atoms. The molecule has 7 nitrogen and oxygen atoms in total. The third-order valence-corrected chi connectivity index (χ3v) is 6.20. The molecule has 1 saturated heterocycles. The van der Waals surface area contributed by atoms with E-state index in [1.54, 1.807) is 0 Å². The minimum absolute atomic E-state index is 0.0350. The minimum Gasteiger partial charge on any atom is -0.483 e. The highest BCUT2D eigenvalue weighted by atomic mass is 19.1. The van der Waals surface area contributed by atoms with Gasteiger partial charge in [0, 0.05) is 25.2 Å². The Morgan fingerprint density at radius 1 is 1.00 bits per heavy atom. The Bertz CT molecular complexity index is 1010. The summed E-state index contributed by atoms with van der Waals surface area (Å²) in [7, 11) is 1.90. The summed E-state index contributed by atoms with van der Waals surface area (Å²) in [5.41, 5.74) is 2.28. The fourth-order valence-corrected chi connectivity index (χ4v) is 4.66. The summed E-state index contributed by atoms with van der Waals surface area (Å²) in [4.78, 5) is 35.7. The molecule has 1 aliphatic heterocycles. The molecule has 0 bridgehead atoms. The number of carbonyl (C=O) groups is 3. The number of halogens is 2. The highest BCUT2D eigenvalue weighted by Crippen LogP contribution is 2.23. The number of hydrogen-bond donors (Lipinski definition) is 3. The van der Waals surface area contributed by atoms with E-state index in [1.165, 1.54) is 11.1 Å². The molecule has 3 N–H and O–H groups in total. The summed E-state index contributed by atoms with van der Waals surface area (Å²) in [5.74, 6) is -2.19. The van der Waals surface area contributed by atoms with Crippen LogP contribution < -0.4 is 10.6 Å². The molecule has 0 spiro atoms. The van der Waals surface area contributed by atoms with Gasteiger partial charge in [0.15, 0.2) is 0 Å². The molecule has 2 aromatic carbocycles. The van der Waals surface area contributed by atoms with Crippen LogP contribution in [0, 0.1) is 17.6 Å². The molecule has 0 aromatic heterocycles. The summed E-state index contributed by atoms with van der Waals surface area (Å²) in [6, 6.07) is 11.0. The molecular formula is C25H29F2N3O4. The Morgan fingerprint density at radius 3 is 2.29 bits per heavy atom. The van der Waals surface area contributed by atoms with Crippen molar-refractivity contribution in [3.05, 3.63) is 70.8 Å². The summed E-state index contributed by atoms with van der Waals surface area (Å²) in [6.45, 7) is 0.882. The third kappa shape index (κ3) is 6.60. The third-order valence-electron chi connectivity index (χ3n) is 6.20. The number of likely N-dealkylation sites (tertiary alicyclic amines) is 1. The van der Waals surface area contributed by atoms with Crippen LogP contribution in [0.2, 0.25) is 0 Å². The molecule has 2 amide bonds. The molecular weight excluding hydrogens is 444 g/mol. The number of nitrogens with one attached hydrogen (secondary N) is 2. The van der Waals surface area contributed by atoms with Gasteiger partial charge in [-0.15, -0.1) is 0 Å². The zero-order valence-electron chi connectivity index (χ0n) is 19.0. The monoisotopic (exact) mass is 473 g/mol. The first kappa shape index (κ1) is 25.3. The first-order valence-electron chi connectivity index (χ1n) is 11.2. The van der Waals surface area contributed by atoms with Gasteiger partial charge >= 0.3 is 0 Å². The fraction of sp³-hybridized carbons (Fsp3) is 0.400. The molecule has 1 fully saturated rings. The molecule has 2 atom stereocenters. The second-order valence-corrected chi connectivity index (χ2v) is 8.78. The molecule has 1 aliphatic carbocycles. The second-order valence-electron chi connectivity index (χ2n) is 8.78. The fourth-order valence-electron chi connectivity index (χ4n) is 4.66. The zero-order chi connectivity index (χ0) is 24.7. The van der Waals surface area contributed by atoms with Gasteiger partial charge in [-0.3, -0.25) is 14.4 Å². The largest absolute Gasteiger partial charge is 0.483 e. The summed E-state index contributed by atoms with van der Waals surface area (Å²) in [6.07, 6.45) is 2.91. The molecule has 0 unspecified atom stereocenters. The van der Waals surface area contributed by atoms with Crippen molar-refractivity contribution in [1.82, 2.24) is 15.5 Å². The van der Waals surface area contributed by atoms with Crippen molar-refractivity contribution >= 4 is 18.3 Å². The van der Waals surface area contributed by atoms with Gasteiger partial charge in [0.25, 0.3) is 12.4 Å². The summed E-state index contributed by atoms with van der Waals surface area (Å²) >= 11 is 0.